The first-order valence-electron chi connectivity index (χ1n) is 11.8. The smallest absolute Gasteiger partial charge is 0.144 e. The van der Waals surface area contributed by atoms with Crippen LogP contribution in [-0.2, 0) is 0 Å². The highest BCUT2D eigenvalue weighted by Gasteiger charge is 2.17. The van der Waals surface area contributed by atoms with E-state index in [1.165, 1.54) is 0 Å². The summed E-state index contributed by atoms with van der Waals surface area (Å²) >= 11 is 0. The lowest BCUT2D eigenvalue weighted by Crippen LogP contribution is -2.44. The van der Waals surface area contributed by atoms with Gasteiger partial charge in [-0.1, -0.05) is 6.07 Å². The summed E-state index contributed by atoms with van der Waals surface area (Å²) in [6.07, 6.45) is 6.93. The summed E-state index contributed by atoms with van der Waals surface area (Å²) in [7, 11) is 3.86. The number of likely N-dealkylation sites (N-methyl/N-ethyl adjacent to an activating group) is 1. The van der Waals surface area contributed by atoms with Gasteiger partial charge in [-0.2, -0.15) is 0 Å². The van der Waals surface area contributed by atoms with Crippen LogP contribution < -0.4 is 20.3 Å². The average molecular weight is 485 g/mol. The summed E-state index contributed by atoms with van der Waals surface area (Å²) in [6.45, 7) is 8.15. The average Bonchev–Trinajstić information content (AvgIpc) is 2.93. The highest BCUT2D eigenvalue weighted by Crippen LogP contribution is 2.32. The Balaban J connectivity index is 1.35. The van der Waals surface area contributed by atoms with Crippen molar-refractivity contribution in [1.82, 2.24) is 14.9 Å². The zero-order chi connectivity index (χ0) is 25.2. The van der Waals surface area contributed by atoms with Crippen molar-refractivity contribution in [1.29, 1.82) is 0 Å². The summed E-state index contributed by atoms with van der Waals surface area (Å²) in [6, 6.07) is 15.7. The van der Waals surface area contributed by atoms with Gasteiger partial charge in [0.05, 0.1) is 24.2 Å². The van der Waals surface area contributed by atoms with Gasteiger partial charge >= 0.3 is 0 Å². The van der Waals surface area contributed by atoms with Gasteiger partial charge < -0.3 is 25.2 Å². The van der Waals surface area contributed by atoms with Crippen LogP contribution >= 0.6 is 0 Å². The molecule has 0 amide bonds. The van der Waals surface area contributed by atoms with E-state index in [1.54, 1.807) is 31.8 Å². The predicted octanol–water partition coefficient (Wildman–Crippen LogP) is 4.00. The minimum absolute atomic E-state index is 0.407. The van der Waals surface area contributed by atoms with Crippen molar-refractivity contribution in [2.45, 2.75) is 0 Å². The van der Waals surface area contributed by atoms with E-state index in [0.29, 0.717) is 12.5 Å². The molecule has 36 heavy (non-hydrogen) atoms. The summed E-state index contributed by atoms with van der Waals surface area (Å²) in [4.78, 5) is 22.1. The topological polar surface area (TPSA) is 90.3 Å². The lowest BCUT2D eigenvalue weighted by Gasteiger charge is -2.34. The van der Waals surface area contributed by atoms with Crippen LogP contribution in [0.2, 0.25) is 0 Å². The molecule has 1 fully saturated rings. The lowest BCUT2D eigenvalue weighted by molar-refractivity contribution is 0.311. The number of hydrogen-bond donors (Lipinski definition) is 2. The van der Waals surface area contributed by atoms with Gasteiger partial charge in [-0.05, 0) is 56.2 Å². The molecule has 3 aromatic rings. The molecule has 0 radical (unpaired) electrons. The molecule has 1 aromatic carbocycles. The number of piperazine rings is 1. The number of pyridine rings is 2. The quantitative estimate of drug-likeness (QED) is 0.421. The van der Waals surface area contributed by atoms with Crippen molar-refractivity contribution in [2.24, 2.45) is 9.98 Å². The molecule has 0 unspecified atom stereocenters. The van der Waals surface area contributed by atoms with Crippen LogP contribution in [0, 0.1) is 0 Å². The Morgan fingerprint density at radius 2 is 1.92 bits per heavy atom. The van der Waals surface area contributed by atoms with Gasteiger partial charge in [-0.25, -0.2) is 4.99 Å². The fourth-order valence-corrected chi connectivity index (χ4v) is 3.89. The molecule has 1 saturated heterocycles. The second-order valence-corrected chi connectivity index (χ2v) is 8.29. The molecule has 1 aliphatic heterocycles. The van der Waals surface area contributed by atoms with Crippen LogP contribution in [0.25, 0.3) is 11.4 Å². The van der Waals surface area contributed by atoms with E-state index < -0.39 is 0 Å². The number of rotatable bonds is 10. The monoisotopic (exact) mass is 484 g/mol. The van der Waals surface area contributed by atoms with E-state index in [2.05, 4.69) is 66.3 Å². The maximum Gasteiger partial charge on any atom is 0.144 e. The molecule has 0 saturated carbocycles. The predicted molar refractivity (Wildman–Crippen MR) is 148 cm³/mol. The molecule has 0 spiro atoms. The van der Waals surface area contributed by atoms with E-state index in [-0.39, 0.29) is 0 Å². The number of nitrogens with zero attached hydrogens (tertiary/aromatic N) is 6. The van der Waals surface area contributed by atoms with Gasteiger partial charge in [0.1, 0.15) is 23.9 Å². The van der Waals surface area contributed by atoms with Gasteiger partial charge in [0.15, 0.2) is 0 Å². The SMILES string of the molecule is C=N/C(=C\C=N/CNc1ccc(N2CCN(C)CC2)c(OC)c1)Nc1cccnc1-c1ccccn1. The number of hydrogen-bond acceptors (Lipinski definition) is 9. The summed E-state index contributed by atoms with van der Waals surface area (Å²) < 4.78 is 5.66. The summed E-state index contributed by atoms with van der Waals surface area (Å²) in [5.41, 5.74) is 4.36. The molecular formula is C27H32N8O. The Morgan fingerprint density at radius 3 is 2.67 bits per heavy atom. The Labute approximate surface area is 212 Å². The number of methoxy groups -OCH3 is 1. The minimum atomic E-state index is 0.407. The van der Waals surface area contributed by atoms with Gasteiger partial charge in [0.2, 0.25) is 0 Å². The van der Waals surface area contributed by atoms with Crippen molar-refractivity contribution in [3.05, 3.63) is 72.8 Å². The van der Waals surface area contributed by atoms with Crippen molar-refractivity contribution < 1.29 is 4.74 Å². The van der Waals surface area contributed by atoms with Crippen LogP contribution in [0.4, 0.5) is 17.1 Å². The van der Waals surface area contributed by atoms with Gasteiger partial charge in [-0.15, -0.1) is 0 Å². The first-order valence-corrected chi connectivity index (χ1v) is 11.8. The normalized spacial score (nSPS) is 14.6. The van der Waals surface area contributed by atoms with Crippen LogP contribution in [0.5, 0.6) is 5.75 Å². The number of aromatic nitrogens is 2. The lowest BCUT2D eigenvalue weighted by atomic mass is 10.2. The summed E-state index contributed by atoms with van der Waals surface area (Å²) in [5.74, 6) is 1.41. The fraction of sp³-hybridized carbons (Fsp3) is 0.259. The van der Waals surface area contributed by atoms with Crippen LogP contribution in [0.15, 0.2) is 82.8 Å². The first-order chi connectivity index (χ1) is 17.7. The minimum Gasteiger partial charge on any atom is -0.495 e. The van der Waals surface area contributed by atoms with Gasteiger partial charge in [-0.3, -0.25) is 15.0 Å². The van der Waals surface area contributed by atoms with E-state index >= 15 is 0 Å². The Hall–Kier alpha value is -4.24. The number of aliphatic imine (C=N–C) groups is 2. The third-order valence-electron chi connectivity index (χ3n) is 5.88. The first kappa shape index (κ1) is 24.9. The van der Waals surface area contributed by atoms with Gasteiger partial charge in [0, 0.05) is 56.5 Å². The molecular weight excluding hydrogens is 452 g/mol. The van der Waals surface area contributed by atoms with Crippen molar-refractivity contribution >= 4 is 30.0 Å². The third kappa shape index (κ3) is 6.45. The van der Waals surface area contributed by atoms with Crippen LogP contribution in [0.3, 0.4) is 0 Å². The molecule has 3 heterocycles. The highest BCUT2D eigenvalue weighted by molar-refractivity contribution is 5.77. The molecule has 4 rings (SSSR count). The molecule has 9 nitrogen and oxygen atoms in total. The molecule has 9 heteroatoms. The maximum atomic E-state index is 5.66. The summed E-state index contributed by atoms with van der Waals surface area (Å²) in [5, 5.41) is 6.56. The van der Waals surface area contributed by atoms with E-state index in [0.717, 1.165) is 60.4 Å². The third-order valence-corrected chi connectivity index (χ3v) is 5.88. The molecule has 0 bridgehead atoms. The van der Waals surface area contributed by atoms with Crippen molar-refractivity contribution in [3.8, 4) is 17.1 Å². The zero-order valence-corrected chi connectivity index (χ0v) is 20.8. The largest absolute Gasteiger partial charge is 0.495 e. The van der Waals surface area contributed by atoms with Crippen molar-refractivity contribution in [2.75, 3.05) is 62.5 Å². The standard InChI is InChI=1S/C27H32N8O/c1-28-26(33-23-8-6-13-31-27(23)22-7-4-5-12-30-22)11-14-29-20-32-21-9-10-24(25(19-21)36-3)35-17-15-34(2)16-18-35/h4-14,19,32-33H,1,15-18,20H2,2-3H3/b26-11+,29-14-. The number of anilines is 3. The van der Waals surface area contributed by atoms with E-state index in [4.69, 9.17) is 4.74 Å². The maximum absolute atomic E-state index is 5.66. The fourth-order valence-electron chi connectivity index (χ4n) is 3.89. The highest BCUT2D eigenvalue weighted by atomic mass is 16.5. The number of ether oxygens (including phenoxy) is 1. The zero-order valence-electron chi connectivity index (χ0n) is 20.8. The Morgan fingerprint density at radius 1 is 1.08 bits per heavy atom. The van der Waals surface area contributed by atoms with E-state index in [9.17, 15) is 0 Å². The van der Waals surface area contributed by atoms with Crippen LogP contribution in [0.1, 0.15) is 0 Å². The molecule has 186 valence electrons. The Kier molecular flexibility index (Phi) is 8.61. The Bertz CT molecular complexity index is 1200. The second-order valence-electron chi connectivity index (χ2n) is 8.29. The molecule has 0 atom stereocenters. The molecule has 0 aliphatic carbocycles. The van der Waals surface area contributed by atoms with Crippen LogP contribution in [-0.4, -0.2) is 74.8 Å². The molecule has 2 aromatic heterocycles. The molecule has 2 N–H and O–H groups in total. The van der Waals surface area contributed by atoms with E-state index in [1.807, 2.05) is 36.4 Å². The number of allylic oxidation sites excluding steroid dienone is 1. The van der Waals surface area contributed by atoms with Crippen molar-refractivity contribution in [3.63, 3.8) is 0 Å². The number of benzene rings is 1. The molecule has 1 aliphatic rings. The van der Waals surface area contributed by atoms with Gasteiger partial charge in [0.25, 0.3) is 0 Å². The second kappa shape index (κ2) is 12.5. The number of nitrogens with one attached hydrogen (secondary N) is 2.